The molecular formula is C14H22ClFN2O2. The summed E-state index contributed by atoms with van der Waals surface area (Å²) in [6.07, 6.45) is 0. The first kappa shape index (κ1) is 18.8. The molecule has 2 N–H and O–H groups in total. The number of nitrogens with zero attached hydrogens (tertiary/aromatic N) is 1. The van der Waals surface area contributed by atoms with Gasteiger partial charge in [0.2, 0.25) is 5.91 Å². The Bertz CT molecular complexity index is 414. The number of nitrogens with two attached hydrogens (primary N) is 1. The summed E-state index contributed by atoms with van der Waals surface area (Å²) in [5.41, 5.74) is 6.64. The van der Waals surface area contributed by atoms with E-state index in [-0.39, 0.29) is 36.8 Å². The molecule has 114 valence electrons. The number of amides is 1. The molecule has 0 aliphatic carbocycles. The van der Waals surface area contributed by atoms with Crippen molar-refractivity contribution in [2.75, 3.05) is 20.3 Å². The normalized spacial score (nSPS) is 13.2. The fourth-order valence-electron chi connectivity index (χ4n) is 2.01. The monoisotopic (exact) mass is 304 g/mol. The molecule has 1 rings (SSSR count). The van der Waals surface area contributed by atoms with Crippen LogP contribution in [0.15, 0.2) is 24.3 Å². The van der Waals surface area contributed by atoms with Crippen molar-refractivity contribution in [2.45, 2.75) is 25.9 Å². The predicted octanol–water partition coefficient (Wildman–Crippen LogP) is 2.13. The van der Waals surface area contributed by atoms with Gasteiger partial charge in [-0.2, -0.15) is 0 Å². The van der Waals surface area contributed by atoms with Crippen LogP contribution < -0.4 is 5.73 Å². The first-order chi connectivity index (χ1) is 9.01. The van der Waals surface area contributed by atoms with E-state index in [9.17, 15) is 9.18 Å². The molecular weight excluding hydrogens is 283 g/mol. The fourth-order valence-corrected chi connectivity index (χ4v) is 2.01. The molecule has 0 saturated heterocycles. The van der Waals surface area contributed by atoms with Gasteiger partial charge in [0, 0.05) is 13.7 Å². The second-order valence-electron chi connectivity index (χ2n) is 4.41. The van der Waals surface area contributed by atoms with E-state index in [1.165, 1.54) is 19.2 Å². The first-order valence-corrected chi connectivity index (χ1v) is 6.31. The van der Waals surface area contributed by atoms with Crippen LogP contribution in [0.5, 0.6) is 0 Å². The number of halogens is 2. The molecule has 2 atom stereocenters. The largest absolute Gasteiger partial charge is 0.383 e. The van der Waals surface area contributed by atoms with Gasteiger partial charge in [-0.05, 0) is 31.5 Å². The molecule has 1 amide bonds. The summed E-state index contributed by atoms with van der Waals surface area (Å²) in [5.74, 6) is -0.456. The quantitative estimate of drug-likeness (QED) is 0.876. The minimum absolute atomic E-state index is 0. The highest BCUT2D eigenvalue weighted by molar-refractivity contribution is 5.85. The van der Waals surface area contributed by atoms with Gasteiger partial charge in [0.25, 0.3) is 0 Å². The van der Waals surface area contributed by atoms with E-state index in [2.05, 4.69) is 0 Å². The van der Waals surface area contributed by atoms with E-state index in [4.69, 9.17) is 10.5 Å². The van der Waals surface area contributed by atoms with Gasteiger partial charge in [0.1, 0.15) is 11.9 Å². The van der Waals surface area contributed by atoms with E-state index < -0.39 is 6.04 Å². The maximum Gasteiger partial charge on any atom is 0.242 e. The standard InChI is InChI=1S/C14H21FN2O2.ClH/c1-4-17(14(18)13(16)9-19-3)10(2)11-5-7-12(15)8-6-11;/h5-8,10,13H,4,9,16H2,1-3H3;1H. The number of hydrogen-bond donors (Lipinski definition) is 1. The SMILES string of the molecule is CCN(C(=O)C(N)COC)C(C)c1ccc(F)cc1.Cl. The third-order valence-electron chi connectivity index (χ3n) is 3.11. The van der Waals surface area contributed by atoms with E-state index in [1.807, 2.05) is 13.8 Å². The van der Waals surface area contributed by atoms with E-state index in [0.29, 0.717) is 6.54 Å². The molecule has 2 unspecified atom stereocenters. The zero-order valence-electron chi connectivity index (χ0n) is 12.0. The van der Waals surface area contributed by atoms with Crippen molar-refractivity contribution in [1.82, 2.24) is 4.90 Å². The minimum atomic E-state index is -0.673. The summed E-state index contributed by atoms with van der Waals surface area (Å²) in [4.78, 5) is 13.9. The Hall–Kier alpha value is -1.17. The molecule has 20 heavy (non-hydrogen) atoms. The Kier molecular flexibility index (Phi) is 8.37. The summed E-state index contributed by atoms with van der Waals surface area (Å²) in [6.45, 7) is 4.51. The summed E-state index contributed by atoms with van der Waals surface area (Å²) in [5, 5.41) is 0. The van der Waals surface area contributed by atoms with Gasteiger partial charge >= 0.3 is 0 Å². The maximum atomic E-state index is 12.9. The molecule has 0 aliphatic heterocycles. The molecule has 1 aromatic carbocycles. The van der Waals surface area contributed by atoms with Crippen LogP contribution in [0.3, 0.4) is 0 Å². The van der Waals surface area contributed by atoms with Crippen LogP contribution in [0.4, 0.5) is 4.39 Å². The van der Waals surface area contributed by atoms with Crippen LogP contribution in [0, 0.1) is 5.82 Å². The van der Waals surface area contributed by atoms with Crippen molar-refractivity contribution in [3.05, 3.63) is 35.6 Å². The molecule has 0 heterocycles. The molecule has 0 fully saturated rings. The third-order valence-corrected chi connectivity index (χ3v) is 3.11. The van der Waals surface area contributed by atoms with Gasteiger partial charge in [0.05, 0.1) is 12.6 Å². The Balaban J connectivity index is 0.00000361. The number of likely N-dealkylation sites (N-methyl/N-ethyl adjacent to an activating group) is 1. The van der Waals surface area contributed by atoms with Gasteiger partial charge in [-0.15, -0.1) is 12.4 Å². The van der Waals surface area contributed by atoms with Crippen LogP contribution in [0.25, 0.3) is 0 Å². The van der Waals surface area contributed by atoms with Crippen LogP contribution in [-0.4, -0.2) is 37.1 Å². The summed E-state index contributed by atoms with van der Waals surface area (Å²) < 4.78 is 17.8. The van der Waals surface area contributed by atoms with E-state index in [0.717, 1.165) is 5.56 Å². The lowest BCUT2D eigenvalue weighted by Gasteiger charge is -2.30. The number of carbonyl (C=O) groups is 1. The maximum absolute atomic E-state index is 12.9. The lowest BCUT2D eigenvalue weighted by atomic mass is 10.1. The van der Waals surface area contributed by atoms with Crippen molar-refractivity contribution in [2.24, 2.45) is 5.73 Å². The van der Waals surface area contributed by atoms with Crippen molar-refractivity contribution in [3.8, 4) is 0 Å². The number of rotatable bonds is 6. The second-order valence-corrected chi connectivity index (χ2v) is 4.41. The van der Waals surface area contributed by atoms with Gasteiger partial charge in [-0.1, -0.05) is 12.1 Å². The topological polar surface area (TPSA) is 55.6 Å². The van der Waals surface area contributed by atoms with Crippen molar-refractivity contribution < 1.29 is 13.9 Å². The molecule has 6 heteroatoms. The molecule has 4 nitrogen and oxygen atoms in total. The Morgan fingerprint density at radius 3 is 2.40 bits per heavy atom. The third kappa shape index (κ3) is 4.74. The van der Waals surface area contributed by atoms with E-state index >= 15 is 0 Å². The first-order valence-electron chi connectivity index (χ1n) is 6.31. The van der Waals surface area contributed by atoms with Crippen molar-refractivity contribution >= 4 is 18.3 Å². The van der Waals surface area contributed by atoms with Crippen LogP contribution in [0.2, 0.25) is 0 Å². The van der Waals surface area contributed by atoms with Crippen LogP contribution in [-0.2, 0) is 9.53 Å². The molecule has 0 bridgehead atoms. The fraction of sp³-hybridized carbons (Fsp3) is 0.500. The number of carbonyl (C=O) groups excluding carboxylic acids is 1. The van der Waals surface area contributed by atoms with Crippen LogP contribution in [0.1, 0.15) is 25.5 Å². The molecule has 0 saturated carbocycles. The highest BCUT2D eigenvalue weighted by atomic mass is 35.5. The molecule has 0 aromatic heterocycles. The average Bonchev–Trinajstić information content (AvgIpc) is 2.40. The lowest BCUT2D eigenvalue weighted by molar-refractivity contribution is -0.135. The van der Waals surface area contributed by atoms with Crippen molar-refractivity contribution in [3.63, 3.8) is 0 Å². The predicted molar refractivity (Wildman–Crippen MR) is 79.3 cm³/mol. The number of methoxy groups -OCH3 is 1. The highest BCUT2D eigenvalue weighted by Gasteiger charge is 2.24. The Morgan fingerprint density at radius 1 is 1.40 bits per heavy atom. The summed E-state index contributed by atoms with van der Waals surface area (Å²) in [6, 6.07) is 5.31. The molecule has 0 spiro atoms. The zero-order chi connectivity index (χ0) is 14.4. The number of ether oxygens (including phenoxy) is 1. The van der Waals surface area contributed by atoms with Gasteiger partial charge in [-0.25, -0.2) is 4.39 Å². The summed E-state index contributed by atoms with van der Waals surface area (Å²) >= 11 is 0. The van der Waals surface area contributed by atoms with Gasteiger partial charge in [-0.3, -0.25) is 4.79 Å². The molecule has 1 aromatic rings. The Morgan fingerprint density at radius 2 is 1.95 bits per heavy atom. The summed E-state index contributed by atoms with van der Waals surface area (Å²) in [7, 11) is 1.51. The number of hydrogen-bond acceptors (Lipinski definition) is 3. The van der Waals surface area contributed by atoms with Gasteiger partial charge < -0.3 is 15.4 Å². The van der Waals surface area contributed by atoms with Crippen LogP contribution >= 0.6 is 12.4 Å². The minimum Gasteiger partial charge on any atom is -0.383 e. The molecule has 0 aliphatic rings. The molecule has 0 radical (unpaired) electrons. The zero-order valence-corrected chi connectivity index (χ0v) is 12.8. The number of benzene rings is 1. The van der Waals surface area contributed by atoms with Gasteiger partial charge in [0.15, 0.2) is 0 Å². The smallest absolute Gasteiger partial charge is 0.242 e. The second kappa shape index (κ2) is 8.89. The van der Waals surface area contributed by atoms with Crippen molar-refractivity contribution in [1.29, 1.82) is 0 Å². The Labute approximate surface area is 125 Å². The highest BCUT2D eigenvalue weighted by Crippen LogP contribution is 2.20. The van der Waals surface area contributed by atoms with E-state index in [1.54, 1.807) is 17.0 Å². The lowest BCUT2D eigenvalue weighted by Crippen LogP contribution is -2.46. The average molecular weight is 305 g/mol.